The van der Waals surface area contributed by atoms with Crippen molar-refractivity contribution >= 4 is 59.1 Å². The van der Waals surface area contributed by atoms with E-state index in [1.165, 1.54) is 0 Å². The Labute approximate surface area is 397 Å². The van der Waals surface area contributed by atoms with Gasteiger partial charge in [-0.2, -0.15) is 0 Å². The van der Waals surface area contributed by atoms with E-state index in [2.05, 4.69) is 35.6 Å². The van der Waals surface area contributed by atoms with E-state index in [4.69, 9.17) is 0 Å². The summed E-state index contributed by atoms with van der Waals surface area (Å²) in [5, 5.41) is 14.2. The monoisotopic (exact) mass is 932 g/mol. The zero-order valence-corrected chi connectivity index (χ0v) is 39.3. The number of imide groups is 1. The highest BCUT2D eigenvalue weighted by molar-refractivity contribution is 7.99. The normalized spacial score (nSPS) is 19.8. The van der Waals surface area contributed by atoms with Crippen molar-refractivity contribution < 1.29 is 28.8 Å². The molecule has 2 N–H and O–H groups in total. The highest BCUT2D eigenvalue weighted by atomic mass is 32.2. The molecule has 8 rings (SSSR count). The number of anilines is 1. The van der Waals surface area contributed by atoms with E-state index in [0.29, 0.717) is 49.1 Å². The molecule has 1 atom stereocenters. The number of rotatable bonds is 18. The van der Waals surface area contributed by atoms with Gasteiger partial charge in [0.05, 0.1) is 0 Å². The van der Waals surface area contributed by atoms with Crippen molar-refractivity contribution in [1.29, 1.82) is 0 Å². The molecule has 0 spiro atoms. The number of hydrogen-bond acceptors (Lipinski definition) is 12. The number of carbonyl (C=O) groups excluding carboxylic acids is 6. The predicted octanol–water partition coefficient (Wildman–Crippen LogP) is 4.95. The lowest BCUT2D eigenvalue weighted by molar-refractivity contribution is -0.137. The number of likely N-dealkylation sites (tertiary alicyclic amines) is 1. The van der Waals surface area contributed by atoms with E-state index in [0.717, 1.165) is 144 Å². The van der Waals surface area contributed by atoms with Gasteiger partial charge >= 0.3 is 0 Å². The van der Waals surface area contributed by atoms with E-state index >= 15 is 0 Å². The lowest BCUT2D eigenvalue weighted by atomic mass is 9.91. The minimum atomic E-state index is -0.618. The van der Waals surface area contributed by atoms with Crippen LogP contribution in [0.25, 0.3) is 6.08 Å². The molecule has 6 amide bonds. The number of benzene rings is 1. The number of nitrogens with one attached hydrogen (secondary N) is 2. The van der Waals surface area contributed by atoms with E-state index in [1.54, 1.807) is 41.2 Å². The number of hydrogen-bond donors (Lipinski definition) is 2. The molecule has 0 radical (unpaired) electrons. The number of carbonyl (C=O) groups is 6. The summed E-state index contributed by atoms with van der Waals surface area (Å²) in [5.41, 5.74) is 2.88. The molecule has 3 aromatic rings. The van der Waals surface area contributed by atoms with Gasteiger partial charge in [0.2, 0.25) is 23.6 Å². The third-order valence-corrected chi connectivity index (χ3v) is 15.2. The summed E-state index contributed by atoms with van der Waals surface area (Å²) >= 11 is 1.72. The maximum absolute atomic E-state index is 13.3. The van der Waals surface area contributed by atoms with Gasteiger partial charge in [0.15, 0.2) is 11.5 Å². The van der Waals surface area contributed by atoms with Gasteiger partial charge in [0, 0.05) is 113 Å². The second kappa shape index (κ2) is 23.4. The Hall–Kier alpha value is -5.68. The number of unbranched alkanes of at least 4 members (excludes halogenated alkanes) is 3. The summed E-state index contributed by atoms with van der Waals surface area (Å²) in [7, 11) is 0. The number of thioether (sulfide) groups is 1. The summed E-state index contributed by atoms with van der Waals surface area (Å²) in [5.74, 6) is 1.51. The number of piperazine rings is 1. The lowest BCUT2D eigenvalue weighted by Crippen LogP contribution is -2.54. The summed E-state index contributed by atoms with van der Waals surface area (Å²) in [6.07, 6.45) is 17.7. The molecule has 16 nitrogen and oxygen atoms in total. The van der Waals surface area contributed by atoms with Crippen LogP contribution in [0.2, 0.25) is 0 Å². The lowest BCUT2D eigenvalue weighted by Gasteiger charge is -2.43. The molecule has 5 aliphatic heterocycles. The Kier molecular flexibility index (Phi) is 16.7. The van der Waals surface area contributed by atoms with Crippen LogP contribution in [0, 0.1) is 5.92 Å². The van der Waals surface area contributed by atoms with Crippen molar-refractivity contribution in [2.75, 3.05) is 69.6 Å². The van der Waals surface area contributed by atoms with E-state index < -0.39 is 11.9 Å². The number of fused-ring (bicyclic) bond motifs is 1. The van der Waals surface area contributed by atoms with Gasteiger partial charge in [0.25, 0.3) is 11.8 Å². The first-order valence-corrected chi connectivity index (χ1v) is 25.3. The molecule has 2 aromatic heterocycles. The minimum Gasteiger partial charge on any atom is -0.355 e. The number of pyridine rings is 1. The molecule has 0 aliphatic carbocycles. The van der Waals surface area contributed by atoms with Gasteiger partial charge in [0.1, 0.15) is 6.04 Å². The first-order valence-electron chi connectivity index (χ1n) is 24.3. The van der Waals surface area contributed by atoms with Gasteiger partial charge < -0.3 is 24.9 Å². The summed E-state index contributed by atoms with van der Waals surface area (Å²) < 4.78 is 0. The zero-order chi connectivity index (χ0) is 46.5. The smallest absolute Gasteiger partial charge is 0.274 e. The molecular formula is C50H64N10O6S. The number of nitrogens with zero attached hydrogens (tertiary/aromatic N) is 8. The molecule has 4 fully saturated rings. The average Bonchev–Trinajstić information content (AvgIpc) is 3.70. The molecular weight excluding hydrogens is 869 g/mol. The van der Waals surface area contributed by atoms with Crippen molar-refractivity contribution in [3.05, 3.63) is 83.3 Å². The van der Waals surface area contributed by atoms with Crippen LogP contribution in [0.15, 0.2) is 65.8 Å². The van der Waals surface area contributed by atoms with Crippen LogP contribution >= 0.6 is 11.8 Å². The number of aromatic nitrogens is 3. The van der Waals surface area contributed by atoms with Crippen molar-refractivity contribution in [2.24, 2.45) is 5.92 Å². The van der Waals surface area contributed by atoms with E-state index in [1.807, 2.05) is 52.3 Å². The summed E-state index contributed by atoms with van der Waals surface area (Å²) in [6.45, 7) is 7.51. The van der Waals surface area contributed by atoms with Crippen molar-refractivity contribution in [3.8, 4) is 0 Å². The van der Waals surface area contributed by atoms with Crippen LogP contribution < -0.4 is 15.5 Å². The number of amides is 6. The molecule has 0 saturated carbocycles. The molecule has 7 heterocycles. The summed E-state index contributed by atoms with van der Waals surface area (Å²) in [6, 6.07) is 13.1. The summed E-state index contributed by atoms with van der Waals surface area (Å²) in [4.78, 5) is 91.2. The Morgan fingerprint density at radius 2 is 1.63 bits per heavy atom. The molecule has 356 valence electrons. The standard InChI is InChI=1S/C50H64N10O6S/c61-45(17-13-37-9-7-23-51-34-37)52-24-4-3-8-36-19-25-59(26-20-36)50(66)41-14-16-44(55-54-41)57-27-21-38(22-28-57)56-29-31-58(32-30-56)47(63)12-2-1-5-33-67-43-11-6-10-39-40(43)35-60(49(39)65)42-15-18-46(62)53-48(42)64/h6-7,9-11,13-14,16-17,23,34,36,38,42H,1-5,8,12,15,18-22,24-33,35H2,(H,52,61)(H,53,62,64)/b17-13+. The number of piperidine rings is 3. The maximum Gasteiger partial charge on any atom is 0.274 e. The fourth-order valence-electron chi connectivity index (χ4n) is 10.1. The largest absolute Gasteiger partial charge is 0.355 e. The Balaban J connectivity index is 0.661. The average molecular weight is 933 g/mol. The van der Waals surface area contributed by atoms with Gasteiger partial charge in [-0.15, -0.1) is 22.0 Å². The van der Waals surface area contributed by atoms with E-state index in [-0.39, 0.29) is 36.0 Å². The second-order valence-corrected chi connectivity index (χ2v) is 19.5. The van der Waals surface area contributed by atoms with Crippen LogP contribution in [-0.4, -0.2) is 147 Å². The predicted molar refractivity (Wildman–Crippen MR) is 256 cm³/mol. The first kappa shape index (κ1) is 47.8. The Morgan fingerprint density at radius 1 is 0.806 bits per heavy atom. The second-order valence-electron chi connectivity index (χ2n) is 18.4. The Morgan fingerprint density at radius 3 is 2.37 bits per heavy atom. The van der Waals surface area contributed by atoms with Crippen molar-refractivity contribution in [2.45, 2.75) is 107 Å². The molecule has 1 unspecified atom stereocenters. The van der Waals surface area contributed by atoms with Crippen molar-refractivity contribution in [1.82, 2.24) is 45.4 Å². The van der Waals surface area contributed by atoms with Crippen LogP contribution in [0.4, 0.5) is 5.82 Å². The van der Waals surface area contributed by atoms with E-state index in [9.17, 15) is 28.8 Å². The molecule has 5 aliphatic rings. The minimum absolute atomic E-state index is 0.0548. The SMILES string of the molecule is O=C(/C=C/c1cccnc1)NCCCCC1CCN(C(=O)c2ccc(N3CCC(N4CCN(C(=O)CCCCCSc5cccc6c5CN(C5CCC(=O)NC5=O)C6=O)CC4)CC3)nn2)CC1. The van der Waals surface area contributed by atoms with Crippen molar-refractivity contribution in [3.63, 3.8) is 0 Å². The highest BCUT2D eigenvalue weighted by Gasteiger charge is 2.40. The fourth-order valence-corrected chi connectivity index (χ4v) is 11.1. The van der Waals surface area contributed by atoms with Crippen LogP contribution in [0.5, 0.6) is 0 Å². The fraction of sp³-hybridized carbons (Fsp3) is 0.540. The topological polar surface area (TPSA) is 181 Å². The Bertz CT molecular complexity index is 2240. The van der Waals surface area contributed by atoms with Gasteiger partial charge in [-0.25, -0.2) is 0 Å². The third-order valence-electron chi connectivity index (χ3n) is 14.0. The quantitative estimate of drug-likeness (QED) is 0.0760. The molecule has 17 heteroatoms. The van der Waals surface area contributed by atoms with Gasteiger partial charge in [-0.3, -0.25) is 44.0 Å². The van der Waals surface area contributed by atoms with Crippen LogP contribution in [0.1, 0.15) is 115 Å². The highest BCUT2D eigenvalue weighted by Crippen LogP contribution is 2.35. The molecule has 4 saturated heterocycles. The molecule has 67 heavy (non-hydrogen) atoms. The van der Waals surface area contributed by atoms with Gasteiger partial charge in [-0.1, -0.05) is 31.4 Å². The van der Waals surface area contributed by atoms with Crippen LogP contribution in [0.3, 0.4) is 0 Å². The third kappa shape index (κ3) is 12.7. The molecule has 0 bridgehead atoms. The zero-order valence-electron chi connectivity index (χ0n) is 38.5. The molecule has 1 aromatic carbocycles. The van der Waals surface area contributed by atoms with Crippen LogP contribution in [-0.2, 0) is 25.7 Å². The van der Waals surface area contributed by atoms with Gasteiger partial charge in [-0.05, 0) is 111 Å². The first-order chi connectivity index (χ1) is 32.7. The maximum atomic E-state index is 13.3.